The molecule has 3 heteroatoms. The predicted molar refractivity (Wildman–Crippen MR) is 87.6 cm³/mol. The lowest BCUT2D eigenvalue weighted by atomic mass is 9.95. The van der Waals surface area contributed by atoms with Gasteiger partial charge >= 0.3 is 0 Å². The van der Waals surface area contributed by atoms with Crippen molar-refractivity contribution in [2.24, 2.45) is 5.92 Å². The van der Waals surface area contributed by atoms with Gasteiger partial charge in [-0.2, -0.15) is 0 Å². The Morgan fingerprint density at radius 3 is 3.05 bits per heavy atom. The van der Waals surface area contributed by atoms with E-state index in [-0.39, 0.29) is 0 Å². The number of aromatic amines is 1. The summed E-state index contributed by atoms with van der Waals surface area (Å²) in [6.45, 7) is 6.43. The number of ether oxygens (including phenoxy) is 1. The summed E-state index contributed by atoms with van der Waals surface area (Å²) >= 11 is 0. The molecule has 3 rings (SSSR count). The average Bonchev–Trinajstić information content (AvgIpc) is 2.91. The Morgan fingerprint density at radius 2 is 2.19 bits per heavy atom. The lowest BCUT2D eigenvalue weighted by Crippen LogP contribution is -2.41. The molecule has 2 aromatic rings. The zero-order chi connectivity index (χ0) is 14.7. The Morgan fingerprint density at radius 1 is 1.33 bits per heavy atom. The number of nitrogens with one attached hydrogen (secondary N) is 2. The van der Waals surface area contributed by atoms with E-state index < -0.39 is 0 Å². The normalized spacial score (nSPS) is 23.0. The summed E-state index contributed by atoms with van der Waals surface area (Å²) in [6, 6.07) is 9.13. The molecule has 1 aliphatic rings. The molecule has 114 valence electrons. The van der Waals surface area contributed by atoms with Crippen molar-refractivity contribution >= 4 is 10.9 Å². The summed E-state index contributed by atoms with van der Waals surface area (Å²) in [5, 5.41) is 5.07. The third-order valence-corrected chi connectivity index (χ3v) is 4.56. The maximum Gasteiger partial charge on any atom is 0.0612 e. The number of benzene rings is 1. The van der Waals surface area contributed by atoms with Crippen LogP contribution in [0.5, 0.6) is 0 Å². The minimum Gasteiger partial charge on any atom is -0.378 e. The first-order chi connectivity index (χ1) is 10.2. The maximum absolute atomic E-state index is 5.83. The van der Waals surface area contributed by atoms with Crippen LogP contribution in [0.2, 0.25) is 0 Å². The molecular weight excluding hydrogens is 260 g/mol. The van der Waals surface area contributed by atoms with Gasteiger partial charge in [-0.1, -0.05) is 32.0 Å². The molecule has 1 aromatic heterocycles. The van der Waals surface area contributed by atoms with Crippen LogP contribution in [0.15, 0.2) is 30.5 Å². The van der Waals surface area contributed by atoms with Crippen LogP contribution in [0.25, 0.3) is 10.9 Å². The van der Waals surface area contributed by atoms with Gasteiger partial charge in [0, 0.05) is 29.7 Å². The van der Waals surface area contributed by atoms with Gasteiger partial charge in [-0.25, -0.2) is 0 Å². The fraction of sp³-hybridized carbons (Fsp3) is 0.556. The SMILES string of the molecule is CC(C)C1CC(NCCc2c[nH]c3ccccc23)CCO1. The minimum absolute atomic E-state index is 0.421. The summed E-state index contributed by atoms with van der Waals surface area (Å²) in [5.41, 5.74) is 2.64. The standard InChI is InChI=1S/C18H26N2O/c1-13(2)18-11-15(8-10-21-18)19-9-7-14-12-20-17-6-4-3-5-16(14)17/h3-6,12-13,15,18-20H,7-11H2,1-2H3. The van der Waals surface area contributed by atoms with Crippen molar-refractivity contribution in [3.05, 3.63) is 36.0 Å². The molecule has 2 unspecified atom stereocenters. The van der Waals surface area contributed by atoms with Gasteiger partial charge in [0.05, 0.1) is 6.10 Å². The van der Waals surface area contributed by atoms with Crippen molar-refractivity contribution < 1.29 is 4.74 Å². The Kier molecular flexibility index (Phi) is 4.61. The van der Waals surface area contributed by atoms with E-state index in [1.807, 2.05) is 0 Å². The molecule has 1 fully saturated rings. The van der Waals surface area contributed by atoms with E-state index in [2.05, 4.69) is 54.6 Å². The topological polar surface area (TPSA) is 37.0 Å². The van der Waals surface area contributed by atoms with Gasteiger partial charge in [-0.05, 0) is 43.4 Å². The van der Waals surface area contributed by atoms with Crippen molar-refractivity contribution in [2.45, 2.75) is 45.3 Å². The summed E-state index contributed by atoms with van der Waals surface area (Å²) in [7, 11) is 0. The number of fused-ring (bicyclic) bond motifs is 1. The first-order valence-corrected chi connectivity index (χ1v) is 8.14. The van der Waals surface area contributed by atoms with Gasteiger partial charge in [0.15, 0.2) is 0 Å². The molecule has 2 heterocycles. The number of rotatable bonds is 5. The van der Waals surface area contributed by atoms with Crippen molar-refractivity contribution in [1.82, 2.24) is 10.3 Å². The predicted octanol–water partition coefficient (Wildman–Crippen LogP) is 3.50. The second-order valence-electron chi connectivity index (χ2n) is 6.44. The lowest BCUT2D eigenvalue weighted by Gasteiger charge is -2.32. The highest BCUT2D eigenvalue weighted by Crippen LogP contribution is 2.21. The Balaban J connectivity index is 1.52. The van der Waals surface area contributed by atoms with E-state index in [1.165, 1.54) is 16.5 Å². The second-order valence-corrected chi connectivity index (χ2v) is 6.44. The smallest absolute Gasteiger partial charge is 0.0612 e. The van der Waals surface area contributed by atoms with Gasteiger partial charge in [0.25, 0.3) is 0 Å². The molecule has 1 saturated heterocycles. The molecule has 0 bridgehead atoms. The molecule has 0 spiro atoms. The van der Waals surface area contributed by atoms with Crippen LogP contribution >= 0.6 is 0 Å². The number of para-hydroxylation sites is 1. The van der Waals surface area contributed by atoms with Gasteiger partial charge in [-0.3, -0.25) is 0 Å². The van der Waals surface area contributed by atoms with Crippen LogP contribution in [-0.2, 0) is 11.2 Å². The third-order valence-electron chi connectivity index (χ3n) is 4.56. The van der Waals surface area contributed by atoms with Gasteiger partial charge in [-0.15, -0.1) is 0 Å². The first kappa shape index (κ1) is 14.6. The number of aromatic nitrogens is 1. The van der Waals surface area contributed by atoms with Crippen LogP contribution in [0, 0.1) is 5.92 Å². The molecule has 1 aromatic carbocycles. The quantitative estimate of drug-likeness (QED) is 0.882. The van der Waals surface area contributed by atoms with Crippen LogP contribution in [-0.4, -0.2) is 30.3 Å². The van der Waals surface area contributed by atoms with Gasteiger partial charge in [0.2, 0.25) is 0 Å². The van der Waals surface area contributed by atoms with Crippen LogP contribution in [0.3, 0.4) is 0 Å². The highest BCUT2D eigenvalue weighted by atomic mass is 16.5. The number of hydrogen-bond donors (Lipinski definition) is 2. The largest absolute Gasteiger partial charge is 0.378 e. The molecular formula is C18H26N2O. The van der Waals surface area contributed by atoms with Gasteiger partial charge in [0.1, 0.15) is 0 Å². The summed E-state index contributed by atoms with van der Waals surface area (Å²) in [5.74, 6) is 0.614. The lowest BCUT2D eigenvalue weighted by molar-refractivity contribution is -0.0241. The van der Waals surface area contributed by atoms with Crippen molar-refractivity contribution in [3.63, 3.8) is 0 Å². The minimum atomic E-state index is 0.421. The Hall–Kier alpha value is -1.32. The Labute approximate surface area is 127 Å². The molecule has 0 amide bonds. The second kappa shape index (κ2) is 6.63. The van der Waals surface area contributed by atoms with E-state index >= 15 is 0 Å². The molecule has 0 aliphatic carbocycles. The molecule has 2 N–H and O–H groups in total. The van der Waals surface area contributed by atoms with Crippen LogP contribution in [0.4, 0.5) is 0 Å². The van der Waals surface area contributed by atoms with E-state index in [0.29, 0.717) is 18.1 Å². The zero-order valence-corrected chi connectivity index (χ0v) is 13.1. The highest BCUT2D eigenvalue weighted by Gasteiger charge is 2.24. The number of hydrogen-bond acceptors (Lipinski definition) is 2. The van der Waals surface area contributed by atoms with Crippen molar-refractivity contribution in [1.29, 1.82) is 0 Å². The average molecular weight is 286 g/mol. The van der Waals surface area contributed by atoms with E-state index in [1.54, 1.807) is 0 Å². The van der Waals surface area contributed by atoms with Gasteiger partial charge < -0.3 is 15.0 Å². The molecule has 21 heavy (non-hydrogen) atoms. The molecule has 2 atom stereocenters. The fourth-order valence-electron chi connectivity index (χ4n) is 3.23. The monoisotopic (exact) mass is 286 g/mol. The molecule has 0 radical (unpaired) electrons. The molecule has 3 nitrogen and oxygen atoms in total. The molecule has 0 saturated carbocycles. The van der Waals surface area contributed by atoms with E-state index in [9.17, 15) is 0 Å². The fourth-order valence-corrected chi connectivity index (χ4v) is 3.23. The molecule has 1 aliphatic heterocycles. The summed E-state index contributed by atoms with van der Waals surface area (Å²) in [4.78, 5) is 3.35. The van der Waals surface area contributed by atoms with Crippen LogP contribution in [0.1, 0.15) is 32.3 Å². The van der Waals surface area contributed by atoms with E-state index in [4.69, 9.17) is 4.74 Å². The highest BCUT2D eigenvalue weighted by molar-refractivity contribution is 5.83. The van der Waals surface area contributed by atoms with Crippen LogP contribution < -0.4 is 5.32 Å². The first-order valence-electron chi connectivity index (χ1n) is 8.14. The van der Waals surface area contributed by atoms with Crippen molar-refractivity contribution in [2.75, 3.05) is 13.2 Å². The maximum atomic E-state index is 5.83. The third kappa shape index (κ3) is 3.47. The Bertz CT molecular complexity index is 575. The number of H-pyrrole nitrogens is 1. The van der Waals surface area contributed by atoms with Crippen molar-refractivity contribution in [3.8, 4) is 0 Å². The zero-order valence-electron chi connectivity index (χ0n) is 13.1. The van der Waals surface area contributed by atoms with E-state index in [0.717, 1.165) is 32.4 Å². The summed E-state index contributed by atoms with van der Waals surface area (Å²) < 4.78 is 5.83. The summed E-state index contributed by atoms with van der Waals surface area (Å²) in [6.07, 6.45) is 5.92.